The van der Waals surface area contributed by atoms with E-state index in [4.69, 9.17) is 9.47 Å². The quantitative estimate of drug-likeness (QED) is 0.643. The van der Waals surface area contributed by atoms with Crippen LogP contribution in [-0.4, -0.2) is 25.1 Å². The summed E-state index contributed by atoms with van der Waals surface area (Å²) in [5.74, 6) is -0.411. The number of nitrogens with one attached hydrogen (secondary N) is 1. The molecule has 1 aromatic rings. The van der Waals surface area contributed by atoms with Crippen LogP contribution in [0, 0.1) is 11.8 Å². The molecule has 1 aliphatic rings. The van der Waals surface area contributed by atoms with Gasteiger partial charge in [-0.05, 0) is 44.4 Å². The summed E-state index contributed by atoms with van der Waals surface area (Å²) in [6, 6.07) is 7.52. The van der Waals surface area contributed by atoms with Crippen molar-refractivity contribution in [3.8, 4) is 5.75 Å². The van der Waals surface area contributed by atoms with Crippen LogP contribution in [0.4, 0.5) is 0 Å². The van der Waals surface area contributed by atoms with Gasteiger partial charge >= 0.3 is 5.97 Å². The molecule has 130 valence electrons. The number of carbonyl (C=O) groups is 2. The van der Waals surface area contributed by atoms with Crippen LogP contribution in [0.2, 0.25) is 0 Å². The minimum Gasteiger partial charge on any atom is -0.497 e. The number of rotatable bonds is 6. The van der Waals surface area contributed by atoms with Crippen LogP contribution in [-0.2, 0) is 20.9 Å². The van der Waals surface area contributed by atoms with Gasteiger partial charge < -0.3 is 14.8 Å². The molecule has 0 aliphatic heterocycles. The SMILES string of the molecule is COc1ccc(CNC(=O)C2CC=CCC2C(=O)OC(C)C)cc1. The van der Waals surface area contributed by atoms with Gasteiger partial charge in [0.25, 0.3) is 0 Å². The molecule has 2 atom stereocenters. The Morgan fingerprint density at radius 3 is 2.33 bits per heavy atom. The molecule has 2 rings (SSSR count). The van der Waals surface area contributed by atoms with Crippen molar-refractivity contribution < 1.29 is 19.1 Å². The zero-order chi connectivity index (χ0) is 17.5. The highest BCUT2D eigenvalue weighted by atomic mass is 16.5. The molecule has 0 radical (unpaired) electrons. The molecule has 0 spiro atoms. The topological polar surface area (TPSA) is 64.6 Å². The number of amides is 1. The summed E-state index contributed by atoms with van der Waals surface area (Å²) < 4.78 is 10.4. The van der Waals surface area contributed by atoms with Gasteiger partial charge in [0.05, 0.1) is 25.0 Å². The molecule has 1 aliphatic carbocycles. The summed E-state index contributed by atoms with van der Waals surface area (Å²) in [5.41, 5.74) is 0.983. The van der Waals surface area contributed by atoms with Gasteiger partial charge in [-0.15, -0.1) is 0 Å². The van der Waals surface area contributed by atoms with Gasteiger partial charge in [-0.2, -0.15) is 0 Å². The van der Waals surface area contributed by atoms with Crippen LogP contribution in [0.15, 0.2) is 36.4 Å². The Morgan fingerprint density at radius 1 is 1.12 bits per heavy atom. The Labute approximate surface area is 143 Å². The molecule has 1 N–H and O–H groups in total. The maximum absolute atomic E-state index is 12.5. The van der Waals surface area contributed by atoms with Gasteiger partial charge in [0, 0.05) is 6.54 Å². The van der Waals surface area contributed by atoms with Gasteiger partial charge in [-0.3, -0.25) is 9.59 Å². The van der Waals surface area contributed by atoms with Crippen LogP contribution in [0.1, 0.15) is 32.3 Å². The van der Waals surface area contributed by atoms with E-state index in [0.29, 0.717) is 19.4 Å². The van der Waals surface area contributed by atoms with Crippen molar-refractivity contribution in [2.45, 2.75) is 39.3 Å². The molecule has 0 aromatic heterocycles. The molecule has 5 nitrogen and oxygen atoms in total. The van der Waals surface area contributed by atoms with Crippen molar-refractivity contribution >= 4 is 11.9 Å². The standard InChI is InChI=1S/C19H25NO4/c1-13(2)24-19(22)17-7-5-4-6-16(17)18(21)20-12-14-8-10-15(23-3)11-9-14/h4-5,8-11,13,16-17H,6-7,12H2,1-3H3,(H,20,21). The third-order valence-electron chi connectivity index (χ3n) is 4.05. The molecular weight excluding hydrogens is 306 g/mol. The summed E-state index contributed by atoms with van der Waals surface area (Å²) in [5, 5.41) is 2.92. The average molecular weight is 331 g/mol. The van der Waals surface area contributed by atoms with Crippen LogP contribution in [0.5, 0.6) is 5.75 Å². The Hall–Kier alpha value is -2.30. The third kappa shape index (κ3) is 4.85. The predicted molar refractivity (Wildman–Crippen MR) is 91.4 cm³/mol. The lowest BCUT2D eigenvalue weighted by atomic mass is 9.82. The van der Waals surface area contributed by atoms with Crippen LogP contribution < -0.4 is 10.1 Å². The predicted octanol–water partition coefficient (Wildman–Crippen LogP) is 2.85. The van der Waals surface area contributed by atoms with Gasteiger partial charge in [0.15, 0.2) is 0 Å². The number of methoxy groups -OCH3 is 1. The Kier molecular flexibility index (Phi) is 6.41. The van der Waals surface area contributed by atoms with Crippen LogP contribution in [0.25, 0.3) is 0 Å². The number of ether oxygens (including phenoxy) is 2. The zero-order valence-electron chi connectivity index (χ0n) is 14.5. The first-order chi connectivity index (χ1) is 11.5. The highest BCUT2D eigenvalue weighted by molar-refractivity contribution is 5.86. The van der Waals surface area contributed by atoms with E-state index >= 15 is 0 Å². The van der Waals surface area contributed by atoms with Gasteiger partial charge in [0.1, 0.15) is 5.75 Å². The lowest BCUT2D eigenvalue weighted by Crippen LogP contribution is -2.39. The number of hydrogen-bond donors (Lipinski definition) is 1. The van der Waals surface area contributed by atoms with Crippen molar-refractivity contribution in [1.29, 1.82) is 0 Å². The molecule has 0 saturated carbocycles. The Balaban J connectivity index is 1.95. The van der Waals surface area contributed by atoms with E-state index in [2.05, 4.69) is 5.32 Å². The minimum absolute atomic E-state index is 0.110. The number of esters is 1. The highest BCUT2D eigenvalue weighted by Crippen LogP contribution is 2.27. The van der Waals surface area contributed by atoms with Crippen molar-refractivity contribution in [1.82, 2.24) is 5.32 Å². The molecule has 5 heteroatoms. The first kappa shape index (κ1) is 18.0. The summed E-state index contributed by atoms with van der Waals surface area (Å²) >= 11 is 0. The summed E-state index contributed by atoms with van der Waals surface area (Å²) in [7, 11) is 1.61. The zero-order valence-corrected chi connectivity index (χ0v) is 14.5. The van der Waals surface area contributed by atoms with Crippen molar-refractivity contribution in [3.63, 3.8) is 0 Å². The lowest BCUT2D eigenvalue weighted by molar-refractivity contribution is -0.156. The molecule has 1 amide bonds. The van der Waals surface area contributed by atoms with Gasteiger partial charge in [0.2, 0.25) is 5.91 Å². The van der Waals surface area contributed by atoms with Crippen molar-refractivity contribution in [2.75, 3.05) is 7.11 Å². The second-order valence-electron chi connectivity index (χ2n) is 6.21. The van der Waals surface area contributed by atoms with E-state index in [1.807, 2.05) is 50.3 Å². The van der Waals surface area contributed by atoms with E-state index in [-0.39, 0.29) is 23.9 Å². The first-order valence-corrected chi connectivity index (χ1v) is 8.27. The minimum atomic E-state index is -0.409. The summed E-state index contributed by atoms with van der Waals surface area (Å²) in [6.07, 6.45) is 4.83. The number of hydrogen-bond acceptors (Lipinski definition) is 4. The maximum Gasteiger partial charge on any atom is 0.310 e. The monoisotopic (exact) mass is 331 g/mol. The smallest absolute Gasteiger partial charge is 0.310 e. The maximum atomic E-state index is 12.5. The van der Waals surface area contributed by atoms with E-state index in [1.165, 1.54) is 0 Å². The molecule has 0 bridgehead atoms. The second kappa shape index (κ2) is 8.52. The van der Waals surface area contributed by atoms with E-state index in [9.17, 15) is 9.59 Å². The largest absolute Gasteiger partial charge is 0.497 e. The Morgan fingerprint density at radius 2 is 1.75 bits per heavy atom. The highest BCUT2D eigenvalue weighted by Gasteiger charge is 2.35. The first-order valence-electron chi connectivity index (χ1n) is 8.27. The average Bonchev–Trinajstić information content (AvgIpc) is 2.59. The summed E-state index contributed by atoms with van der Waals surface area (Å²) in [4.78, 5) is 24.7. The molecule has 0 heterocycles. The molecule has 2 unspecified atom stereocenters. The summed E-state index contributed by atoms with van der Waals surface area (Å²) in [6.45, 7) is 4.06. The van der Waals surface area contributed by atoms with Gasteiger partial charge in [-0.25, -0.2) is 0 Å². The molecular formula is C19H25NO4. The second-order valence-corrected chi connectivity index (χ2v) is 6.21. The fraction of sp³-hybridized carbons (Fsp3) is 0.474. The van der Waals surface area contributed by atoms with Crippen molar-refractivity contribution in [2.24, 2.45) is 11.8 Å². The Bertz CT molecular complexity index is 592. The molecule has 24 heavy (non-hydrogen) atoms. The normalized spacial score (nSPS) is 19.8. The van der Waals surface area contributed by atoms with Crippen LogP contribution in [0.3, 0.4) is 0 Å². The molecule has 1 aromatic carbocycles. The lowest BCUT2D eigenvalue weighted by Gasteiger charge is -2.26. The number of benzene rings is 1. The molecule has 0 fully saturated rings. The van der Waals surface area contributed by atoms with Crippen molar-refractivity contribution in [3.05, 3.63) is 42.0 Å². The van der Waals surface area contributed by atoms with E-state index in [1.54, 1.807) is 7.11 Å². The van der Waals surface area contributed by atoms with E-state index in [0.717, 1.165) is 11.3 Å². The third-order valence-corrected chi connectivity index (χ3v) is 4.05. The van der Waals surface area contributed by atoms with Crippen LogP contribution >= 0.6 is 0 Å². The number of carbonyl (C=O) groups excluding carboxylic acids is 2. The molecule has 0 saturated heterocycles. The van der Waals surface area contributed by atoms with E-state index < -0.39 is 5.92 Å². The number of allylic oxidation sites excluding steroid dienone is 2. The van der Waals surface area contributed by atoms with Gasteiger partial charge in [-0.1, -0.05) is 24.3 Å². The fourth-order valence-corrected chi connectivity index (χ4v) is 2.75. The fourth-order valence-electron chi connectivity index (χ4n) is 2.75.